The van der Waals surface area contributed by atoms with Crippen LogP contribution in [0.1, 0.15) is 31.7 Å². The van der Waals surface area contributed by atoms with Gasteiger partial charge in [0, 0.05) is 6.04 Å². The first-order chi connectivity index (χ1) is 8.08. The molecule has 1 aromatic rings. The van der Waals surface area contributed by atoms with E-state index in [0.717, 1.165) is 12.5 Å². The Labute approximate surface area is 101 Å². The second-order valence-electron chi connectivity index (χ2n) is 5.18. The largest absolute Gasteiger partial charge is 0.327 e. The van der Waals surface area contributed by atoms with Gasteiger partial charge < -0.3 is 5.73 Å². The minimum Gasteiger partial charge on any atom is -0.327 e. The molecule has 1 aliphatic rings. The van der Waals surface area contributed by atoms with Gasteiger partial charge in [-0.05, 0) is 48.4 Å². The van der Waals surface area contributed by atoms with Crippen molar-refractivity contribution in [1.29, 1.82) is 0 Å². The molecule has 0 radical (unpaired) electrons. The van der Waals surface area contributed by atoms with Crippen LogP contribution in [0.5, 0.6) is 0 Å². The molecule has 1 aromatic carbocycles. The number of nitrogens with two attached hydrogens (primary N) is 1. The molecule has 17 heavy (non-hydrogen) atoms. The molecule has 0 heterocycles. The fourth-order valence-electron chi connectivity index (χ4n) is 2.92. The van der Waals surface area contributed by atoms with Crippen molar-refractivity contribution < 1.29 is 8.78 Å². The monoisotopic (exact) mass is 239 g/mol. The van der Waals surface area contributed by atoms with Gasteiger partial charge in [-0.1, -0.05) is 19.8 Å². The molecular formula is C14H19F2N. The van der Waals surface area contributed by atoms with Gasteiger partial charge >= 0.3 is 0 Å². The number of halogens is 2. The molecule has 94 valence electrons. The predicted octanol–water partition coefficient (Wildman–Crippen LogP) is 3.27. The molecule has 0 amide bonds. The van der Waals surface area contributed by atoms with Gasteiger partial charge in [-0.2, -0.15) is 0 Å². The highest BCUT2D eigenvalue weighted by Crippen LogP contribution is 2.34. The minimum atomic E-state index is -0.395. The van der Waals surface area contributed by atoms with E-state index in [-0.39, 0.29) is 11.9 Å². The van der Waals surface area contributed by atoms with E-state index in [2.05, 4.69) is 6.92 Å². The first-order valence-corrected chi connectivity index (χ1v) is 6.27. The van der Waals surface area contributed by atoms with Crippen LogP contribution in [-0.2, 0) is 6.42 Å². The minimum absolute atomic E-state index is 0.0659. The van der Waals surface area contributed by atoms with Crippen molar-refractivity contribution in [3.63, 3.8) is 0 Å². The zero-order chi connectivity index (χ0) is 12.4. The maximum Gasteiger partial charge on any atom is 0.126 e. The third-order valence-electron chi connectivity index (χ3n) is 3.94. The quantitative estimate of drug-likeness (QED) is 0.860. The molecule has 2 N–H and O–H groups in total. The Kier molecular flexibility index (Phi) is 3.77. The van der Waals surface area contributed by atoms with Crippen LogP contribution in [0.15, 0.2) is 18.2 Å². The summed E-state index contributed by atoms with van der Waals surface area (Å²) in [4.78, 5) is 0. The van der Waals surface area contributed by atoms with Gasteiger partial charge in [0.2, 0.25) is 0 Å². The Balaban J connectivity index is 2.07. The van der Waals surface area contributed by atoms with E-state index >= 15 is 0 Å². The Morgan fingerprint density at radius 3 is 2.76 bits per heavy atom. The number of rotatable bonds is 3. The lowest BCUT2D eigenvalue weighted by Crippen LogP contribution is -2.34. The van der Waals surface area contributed by atoms with Gasteiger partial charge in [0.25, 0.3) is 0 Å². The van der Waals surface area contributed by atoms with Crippen LogP contribution >= 0.6 is 0 Å². The molecule has 0 aromatic heterocycles. The molecule has 3 atom stereocenters. The molecule has 0 bridgehead atoms. The lowest BCUT2D eigenvalue weighted by molar-refractivity contribution is 0.340. The molecule has 0 aliphatic heterocycles. The maximum atomic E-state index is 13.5. The average Bonchev–Trinajstić information content (AvgIpc) is 2.70. The van der Waals surface area contributed by atoms with Crippen LogP contribution in [0, 0.1) is 23.5 Å². The summed E-state index contributed by atoms with van der Waals surface area (Å²) in [6.45, 7) is 2.19. The lowest BCUT2D eigenvalue weighted by Gasteiger charge is -2.23. The summed E-state index contributed by atoms with van der Waals surface area (Å²) in [5, 5.41) is 0. The summed E-state index contributed by atoms with van der Waals surface area (Å²) < 4.78 is 26.5. The van der Waals surface area contributed by atoms with Crippen molar-refractivity contribution in [3.05, 3.63) is 35.4 Å². The van der Waals surface area contributed by atoms with E-state index in [1.807, 2.05) is 0 Å². The van der Waals surface area contributed by atoms with Crippen LogP contribution in [0.4, 0.5) is 8.78 Å². The third kappa shape index (κ3) is 2.83. The molecule has 0 spiro atoms. The summed E-state index contributed by atoms with van der Waals surface area (Å²) >= 11 is 0. The number of hydrogen-bond acceptors (Lipinski definition) is 1. The summed E-state index contributed by atoms with van der Waals surface area (Å²) in [6, 6.07) is 3.51. The topological polar surface area (TPSA) is 26.0 Å². The first-order valence-electron chi connectivity index (χ1n) is 6.27. The smallest absolute Gasteiger partial charge is 0.126 e. The first kappa shape index (κ1) is 12.5. The predicted molar refractivity (Wildman–Crippen MR) is 64.5 cm³/mol. The van der Waals surface area contributed by atoms with E-state index in [1.54, 1.807) is 0 Å². The van der Waals surface area contributed by atoms with Crippen molar-refractivity contribution in [3.8, 4) is 0 Å². The Morgan fingerprint density at radius 2 is 2.12 bits per heavy atom. The van der Waals surface area contributed by atoms with E-state index in [0.29, 0.717) is 23.8 Å². The van der Waals surface area contributed by atoms with Crippen LogP contribution < -0.4 is 5.73 Å². The van der Waals surface area contributed by atoms with Crippen LogP contribution in [0.3, 0.4) is 0 Å². The molecule has 1 saturated carbocycles. The molecule has 2 rings (SSSR count). The van der Waals surface area contributed by atoms with Gasteiger partial charge in [0.05, 0.1) is 0 Å². The van der Waals surface area contributed by atoms with Crippen molar-refractivity contribution >= 4 is 0 Å². The summed E-state index contributed by atoms with van der Waals surface area (Å²) in [7, 11) is 0. The molecule has 3 unspecified atom stereocenters. The van der Waals surface area contributed by atoms with E-state index in [4.69, 9.17) is 5.73 Å². The molecular weight excluding hydrogens is 220 g/mol. The highest BCUT2D eigenvalue weighted by atomic mass is 19.1. The summed E-state index contributed by atoms with van der Waals surface area (Å²) in [6.07, 6.45) is 3.94. The van der Waals surface area contributed by atoms with Crippen molar-refractivity contribution in [1.82, 2.24) is 0 Å². The second-order valence-corrected chi connectivity index (χ2v) is 5.18. The van der Waals surface area contributed by atoms with Crippen LogP contribution in [0.25, 0.3) is 0 Å². The third-order valence-corrected chi connectivity index (χ3v) is 3.94. The standard InChI is InChI=1S/C14H19F2N/c1-9-3-2-4-12(9)14(17)8-10-7-11(15)5-6-13(10)16/h5-7,9,12,14H,2-4,8,17H2,1H3. The van der Waals surface area contributed by atoms with E-state index < -0.39 is 5.82 Å². The van der Waals surface area contributed by atoms with Gasteiger partial charge in [0.15, 0.2) is 0 Å². The van der Waals surface area contributed by atoms with Gasteiger partial charge in [-0.3, -0.25) is 0 Å². The fourth-order valence-corrected chi connectivity index (χ4v) is 2.92. The number of benzene rings is 1. The molecule has 1 nitrogen and oxygen atoms in total. The summed E-state index contributed by atoms with van der Waals surface area (Å²) in [5.74, 6) is 0.292. The highest BCUT2D eigenvalue weighted by molar-refractivity contribution is 5.20. The molecule has 0 saturated heterocycles. The Hall–Kier alpha value is -0.960. The van der Waals surface area contributed by atoms with Crippen molar-refractivity contribution in [2.24, 2.45) is 17.6 Å². The Bertz CT molecular complexity index is 392. The molecule has 1 fully saturated rings. The molecule has 3 heteroatoms. The second kappa shape index (κ2) is 5.13. The fraction of sp³-hybridized carbons (Fsp3) is 0.571. The average molecular weight is 239 g/mol. The lowest BCUT2D eigenvalue weighted by atomic mass is 9.87. The van der Waals surface area contributed by atoms with E-state index in [9.17, 15) is 8.78 Å². The zero-order valence-corrected chi connectivity index (χ0v) is 10.1. The van der Waals surface area contributed by atoms with Crippen LogP contribution in [-0.4, -0.2) is 6.04 Å². The molecule has 1 aliphatic carbocycles. The van der Waals surface area contributed by atoms with Gasteiger partial charge in [-0.15, -0.1) is 0 Å². The van der Waals surface area contributed by atoms with E-state index in [1.165, 1.54) is 25.0 Å². The highest BCUT2D eigenvalue weighted by Gasteiger charge is 2.29. The zero-order valence-electron chi connectivity index (χ0n) is 10.1. The van der Waals surface area contributed by atoms with Gasteiger partial charge in [0.1, 0.15) is 11.6 Å². The maximum absolute atomic E-state index is 13.5. The Morgan fingerprint density at radius 1 is 1.35 bits per heavy atom. The normalized spacial score (nSPS) is 26.1. The SMILES string of the molecule is CC1CCCC1C(N)Cc1cc(F)ccc1F. The van der Waals surface area contributed by atoms with Crippen molar-refractivity contribution in [2.45, 2.75) is 38.6 Å². The van der Waals surface area contributed by atoms with Crippen LogP contribution in [0.2, 0.25) is 0 Å². The van der Waals surface area contributed by atoms with Gasteiger partial charge in [-0.25, -0.2) is 8.78 Å². The number of hydrogen-bond donors (Lipinski definition) is 1. The van der Waals surface area contributed by atoms with Crippen molar-refractivity contribution in [2.75, 3.05) is 0 Å². The summed E-state index contributed by atoms with van der Waals surface area (Å²) in [5.41, 5.74) is 6.53.